The maximum absolute atomic E-state index is 5.45. The molecule has 2 saturated heterocycles. The Morgan fingerprint density at radius 2 is 1.74 bits per heavy atom. The molecule has 19 heavy (non-hydrogen) atoms. The lowest BCUT2D eigenvalue weighted by atomic mass is 9.99. The largest absolute Gasteiger partial charge is 0.366 e. The van der Waals surface area contributed by atoms with Crippen LogP contribution in [0.15, 0.2) is 0 Å². The maximum Gasteiger partial charge on any atom is 0.168 e. The summed E-state index contributed by atoms with van der Waals surface area (Å²) in [7, 11) is 1.95. The number of hydrogen-bond donors (Lipinski definition) is 1. The molecule has 0 aromatic heterocycles. The van der Waals surface area contributed by atoms with Crippen molar-refractivity contribution in [3.8, 4) is 0 Å². The molecule has 0 unspecified atom stereocenters. The van der Waals surface area contributed by atoms with Gasteiger partial charge in [-0.05, 0) is 63.8 Å². The van der Waals surface area contributed by atoms with Gasteiger partial charge in [-0.25, -0.2) is 0 Å². The van der Waals surface area contributed by atoms with Crippen LogP contribution < -0.4 is 5.32 Å². The van der Waals surface area contributed by atoms with E-state index in [1.54, 1.807) is 0 Å². The van der Waals surface area contributed by atoms with Gasteiger partial charge in [0.25, 0.3) is 0 Å². The fraction of sp³-hybridized carbons (Fsp3) is 0.933. The van der Waals surface area contributed by atoms with Gasteiger partial charge >= 0.3 is 0 Å². The van der Waals surface area contributed by atoms with Gasteiger partial charge in [-0.15, -0.1) is 0 Å². The van der Waals surface area contributed by atoms with Crippen molar-refractivity contribution < 1.29 is 0 Å². The lowest BCUT2D eigenvalue weighted by Crippen LogP contribution is -2.48. The Morgan fingerprint density at radius 1 is 1.05 bits per heavy atom. The number of nitrogens with one attached hydrogen (secondary N) is 1. The van der Waals surface area contributed by atoms with Gasteiger partial charge in [0, 0.05) is 26.2 Å². The number of likely N-dealkylation sites (tertiary alicyclic amines) is 2. The average molecular weight is 283 g/mol. The Balaban J connectivity index is 1.80. The first-order valence-electron chi connectivity index (χ1n) is 8.02. The Hall–Kier alpha value is -0.350. The molecule has 2 fully saturated rings. The van der Waals surface area contributed by atoms with E-state index >= 15 is 0 Å². The van der Waals surface area contributed by atoms with Crippen LogP contribution in [-0.2, 0) is 0 Å². The molecule has 2 aliphatic rings. The lowest BCUT2D eigenvalue weighted by Gasteiger charge is -2.38. The zero-order valence-electron chi connectivity index (χ0n) is 12.4. The van der Waals surface area contributed by atoms with Crippen LogP contribution in [0.25, 0.3) is 0 Å². The summed E-state index contributed by atoms with van der Waals surface area (Å²) in [6.45, 7) is 5.02. The van der Waals surface area contributed by atoms with Gasteiger partial charge in [0.2, 0.25) is 0 Å². The number of nitrogens with zero attached hydrogens (tertiary/aromatic N) is 2. The lowest BCUT2D eigenvalue weighted by molar-refractivity contribution is 0.192. The third-order valence-electron chi connectivity index (χ3n) is 4.58. The molecule has 2 heterocycles. The SMILES string of the molecule is CNC(=S)N1CCCC[C@@H]1CCN1CCCCCC1. The van der Waals surface area contributed by atoms with Crippen LogP contribution in [0.2, 0.25) is 0 Å². The number of hydrogen-bond acceptors (Lipinski definition) is 2. The number of thiocarbonyl (C=S) groups is 1. The maximum atomic E-state index is 5.45. The summed E-state index contributed by atoms with van der Waals surface area (Å²) in [5, 5.41) is 4.10. The molecular weight excluding hydrogens is 254 g/mol. The molecule has 1 N–H and O–H groups in total. The molecule has 110 valence electrons. The normalized spacial score (nSPS) is 25.9. The molecule has 4 heteroatoms. The monoisotopic (exact) mass is 283 g/mol. The minimum absolute atomic E-state index is 0.664. The highest BCUT2D eigenvalue weighted by atomic mass is 32.1. The van der Waals surface area contributed by atoms with Crippen LogP contribution in [0.5, 0.6) is 0 Å². The van der Waals surface area contributed by atoms with Gasteiger partial charge in [-0.1, -0.05) is 12.8 Å². The summed E-state index contributed by atoms with van der Waals surface area (Å²) in [5.74, 6) is 0. The first-order chi connectivity index (χ1) is 9.31. The van der Waals surface area contributed by atoms with Crippen molar-refractivity contribution in [2.75, 3.05) is 33.2 Å². The minimum Gasteiger partial charge on any atom is -0.366 e. The molecule has 0 bridgehead atoms. The third-order valence-corrected chi connectivity index (χ3v) is 5.02. The van der Waals surface area contributed by atoms with Crippen LogP contribution in [-0.4, -0.2) is 54.2 Å². The topological polar surface area (TPSA) is 18.5 Å². The minimum atomic E-state index is 0.664. The molecule has 2 rings (SSSR count). The van der Waals surface area contributed by atoms with Gasteiger partial charge in [0.15, 0.2) is 5.11 Å². The van der Waals surface area contributed by atoms with E-state index in [2.05, 4.69) is 15.1 Å². The highest BCUT2D eigenvalue weighted by molar-refractivity contribution is 7.80. The Bertz CT molecular complexity index is 275. The van der Waals surface area contributed by atoms with Crippen LogP contribution in [0, 0.1) is 0 Å². The van der Waals surface area contributed by atoms with Crippen LogP contribution in [0.1, 0.15) is 51.4 Å². The van der Waals surface area contributed by atoms with Crippen molar-refractivity contribution in [3.05, 3.63) is 0 Å². The predicted octanol–water partition coefficient (Wildman–Crippen LogP) is 2.61. The van der Waals surface area contributed by atoms with E-state index in [4.69, 9.17) is 12.2 Å². The van der Waals surface area contributed by atoms with E-state index < -0.39 is 0 Å². The van der Waals surface area contributed by atoms with Crippen molar-refractivity contribution in [2.24, 2.45) is 0 Å². The van der Waals surface area contributed by atoms with Crippen molar-refractivity contribution >= 4 is 17.3 Å². The van der Waals surface area contributed by atoms with Crippen LogP contribution in [0.3, 0.4) is 0 Å². The fourth-order valence-corrected chi connectivity index (χ4v) is 3.64. The second kappa shape index (κ2) is 8.05. The average Bonchev–Trinajstić information content (AvgIpc) is 2.73. The molecule has 0 aliphatic carbocycles. The summed E-state index contributed by atoms with van der Waals surface area (Å²) in [6, 6.07) is 0.664. The molecule has 0 saturated carbocycles. The zero-order chi connectivity index (χ0) is 13.5. The summed E-state index contributed by atoms with van der Waals surface area (Å²) in [5.41, 5.74) is 0. The number of rotatable bonds is 3. The highest BCUT2D eigenvalue weighted by Crippen LogP contribution is 2.21. The summed E-state index contributed by atoms with van der Waals surface area (Å²) in [6.07, 6.45) is 10.9. The molecule has 1 atom stereocenters. The standard InChI is InChI=1S/C15H29N3S/c1-16-15(19)18-12-7-4-8-14(18)9-13-17-10-5-2-3-6-11-17/h14H,2-13H2,1H3,(H,16,19)/t14-/m1/s1. The fourth-order valence-electron chi connectivity index (χ4n) is 3.40. The van der Waals surface area contributed by atoms with E-state index in [9.17, 15) is 0 Å². The second-order valence-corrected chi connectivity index (χ2v) is 6.33. The predicted molar refractivity (Wildman–Crippen MR) is 85.5 cm³/mol. The molecule has 3 nitrogen and oxygen atoms in total. The Labute approximate surface area is 123 Å². The van der Waals surface area contributed by atoms with Gasteiger partial charge in [0.05, 0.1) is 0 Å². The van der Waals surface area contributed by atoms with Gasteiger partial charge < -0.3 is 15.1 Å². The summed E-state index contributed by atoms with van der Waals surface area (Å²) in [4.78, 5) is 5.10. The first kappa shape index (κ1) is 15.0. The quantitative estimate of drug-likeness (QED) is 0.802. The molecule has 0 aromatic carbocycles. The van der Waals surface area contributed by atoms with E-state index in [1.807, 2.05) is 7.05 Å². The van der Waals surface area contributed by atoms with Crippen molar-refractivity contribution in [3.63, 3.8) is 0 Å². The van der Waals surface area contributed by atoms with Crippen molar-refractivity contribution in [1.29, 1.82) is 0 Å². The third kappa shape index (κ3) is 4.60. The number of piperidine rings is 1. The van der Waals surface area contributed by atoms with Crippen LogP contribution in [0.4, 0.5) is 0 Å². The highest BCUT2D eigenvalue weighted by Gasteiger charge is 2.24. The molecule has 2 aliphatic heterocycles. The first-order valence-corrected chi connectivity index (χ1v) is 8.43. The van der Waals surface area contributed by atoms with Gasteiger partial charge in [-0.2, -0.15) is 0 Å². The van der Waals surface area contributed by atoms with Gasteiger partial charge in [0.1, 0.15) is 0 Å². The van der Waals surface area contributed by atoms with Crippen molar-refractivity contribution in [2.45, 2.75) is 57.4 Å². The van der Waals surface area contributed by atoms with E-state index in [0.717, 1.165) is 11.7 Å². The molecule has 0 aromatic rings. The zero-order valence-corrected chi connectivity index (χ0v) is 13.2. The Kier molecular flexibility index (Phi) is 6.38. The Morgan fingerprint density at radius 3 is 2.42 bits per heavy atom. The van der Waals surface area contributed by atoms with E-state index in [0.29, 0.717) is 6.04 Å². The summed E-state index contributed by atoms with van der Waals surface area (Å²) >= 11 is 5.45. The van der Waals surface area contributed by atoms with E-state index in [-0.39, 0.29) is 0 Å². The van der Waals surface area contributed by atoms with Crippen LogP contribution >= 0.6 is 12.2 Å². The van der Waals surface area contributed by atoms with E-state index in [1.165, 1.54) is 71.0 Å². The smallest absolute Gasteiger partial charge is 0.168 e. The van der Waals surface area contributed by atoms with Gasteiger partial charge in [-0.3, -0.25) is 0 Å². The second-order valence-electron chi connectivity index (χ2n) is 5.94. The molecule has 0 spiro atoms. The summed E-state index contributed by atoms with van der Waals surface area (Å²) < 4.78 is 0. The van der Waals surface area contributed by atoms with Crippen molar-refractivity contribution in [1.82, 2.24) is 15.1 Å². The molecule has 0 radical (unpaired) electrons. The molecular formula is C15H29N3S. The molecule has 0 amide bonds.